The van der Waals surface area contributed by atoms with E-state index in [9.17, 15) is 0 Å². The fourth-order valence-electron chi connectivity index (χ4n) is 3.19. The molecule has 0 radical (unpaired) electrons. The molecule has 0 aromatic heterocycles. The Morgan fingerprint density at radius 2 is 1.57 bits per heavy atom. The highest BCUT2D eigenvalue weighted by molar-refractivity contribution is 7.80. The van der Waals surface area contributed by atoms with Gasteiger partial charge < -0.3 is 10.6 Å². The first-order valence-corrected chi connectivity index (χ1v) is 9.35. The summed E-state index contributed by atoms with van der Waals surface area (Å²) in [5.74, 6) is 0. The van der Waals surface area contributed by atoms with Crippen molar-refractivity contribution in [1.29, 1.82) is 0 Å². The standard InChI is InChI=1S/C17H35N3S/c1-3-5-6-7-8-9-11-19-12-14-20(15-13-19)16(10-4-2)17(18)21/h16H,3-15H2,1-2H3,(H2,18,21). The van der Waals surface area contributed by atoms with Crippen LogP contribution in [0.1, 0.15) is 65.2 Å². The maximum atomic E-state index is 5.90. The molecular weight excluding hydrogens is 278 g/mol. The van der Waals surface area contributed by atoms with Gasteiger partial charge in [0.15, 0.2) is 0 Å². The third-order valence-electron chi connectivity index (χ3n) is 4.57. The Hall–Kier alpha value is -0.190. The summed E-state index contributed by atoms with van der Waals surface area (Å²) >= 11 is 5.24. The summed E-state index contributed by atoms with van der Waals surface area (Å²) in [6.07, 6.45) is 10.6. The lowest BCUT2D eigenvalue weighted by Crippen LogP contribution is -2.53. The van der Waals surface area contributed by atoms with Crippen molar-refractivity contribution in [2.75, 3.05) is 32.7 Å². The molecule has 0 aliphatic carbocycles. The number of nitrogens with two attached hydrogens (primary N) is 1. The van der Waals surface area contributed by atoms with Crippen molar-refractivity contribution in [3.8, 4) is 0 Å². The second-order valence-electron chi connectivity index (χ2n) is 6.35. The maximum absolute atomic E-state index is 5.90. The van der Waals surface area contributed by atoms with E-state index in [0.717, 1.165) is 25.9 Å². The van der Waals surface area contributed by atoms with E-state index in [1.807, 2.05) is 0 Å². The quantitative estimate of drug-likeness (QED) is 0.468. The number of rotatable bonds is 11. The zero-order valence-corrected chi connectivity index (χ0v) is 15.0. The van der Waals surface area contributed by atoms with E-state index in [1.54, 1.807) is 0 Å². The van der Waals surface area contributed by atoms with Crippen LogP contribution in [-0.4, -0.2) is 53.6 Å². The Kier molecular flexibility index (Phi) is 10.2. The van der Waals surface area contributed by atoms with E-state index in [1.165, 1.54) is 58.2 Å². The van der Waals surface area contributed by atoms with Gasteiger partial charge in [0.1, 0.15) is 0 Å². The van der Waals surface area contributed by atoms with E-state index in [-0.39, 0.29) is 0 Å². The Balaban J connectivity index is 2.15. The number of unbranched alkanes of at least 4 members (excludes halogenated alkanes) is 5. The Morgan fingerprint density at radius 1 is 0.952 bits per heavy atom. The number of hydrogen-bond donors (Lipinski definition) is 1. The lowest BCUT2D eigenvalue weighted by atomic mass is 10.1. The summed E-state index contributed by atoms with van der Waals surface area (Å²) in [5, 5.41) is 0. The predicted molar refractivity (Wildman–Crippen MR) is 96.9 cm³/mol. The SMILES string of the molecule is CCCCCCCCN1CCN(C(CCC)C(N)=S)CC1. The van der Waals surface area contributed by atoms with Crippen LogP contribution in [0.3, 0.4) is 0 Å². The monoisotopic (exact) mass is 313 g/mol. The normalized spacial score (nSPS) is 18.8. The van der Waals surface area contributed by atoms with Gasteiger partial charge >= 0.3 is 0 Å². The van der Waals surface area contributed by atoms with Gasteiger partial charge in [0, 0.05) is 26.2 Å². The van der Waals surface area contributed by atoms with E-state index in [4.69, 9.17) is 18.0 Å². The fourth-order valence-corrected chi connectivity index (χ4v) is 3.46. The minimum Gasteiger partial charge on any atom is -0.392 e. The average molecular weight is 314 g/mol. The molecule has 0 amide bonds. The van der Waals surface area contributed by atoms with Crippen LogP contribution in [0.4, 0.5) is 0 Å². The summed E-state index contributed by atoms with van der Waals surface area (Å²) in [5.41, 5.74) is 5.90. The molecule has 0 aromatic rings. The third-order valence-corrected chi connectivity index (χ3v) is 4.84. The molecule has 0 bridgehead atoms. The molecule has 1 rings (SSSR count). The van der Waals surface area contributed by atoms with Crippen LogP contribution in [0.15, 0.2) is 0 Å². The molecule has 1 aliphatic rings. The second-order valence-corrected chi connectivity index (χ2v) is 6.82. The fraction of sp³-hybridized carbons (Fsp3) is 0.941. The topological polar surface area (TPSA) is 32.5 Å². The lowest BCUT2D eigenvalue weighted by Gasteiger charge is -2.39. The number of hydrogen-bond acceptors (Lipinski definition) is 3. The average Bonchev–Trinajstić information content (AvgIpc) is 2.49. The van der Waals surface area contributed by atoms with Gasteiger partial charge in [-0.25, -0.2) is 0 Å². The van der Waals surface area contributed by atoms with Crippen LogP contribution >= 0.6 is 12.2 Å². The molecular formula is C17H35N3S. The van der Waals surface area contributed by atoms with Gasteiger partial charge in [0.25, 0.3) is 0 Å². The van der Waals surface area contributed by atoms with Gasteiger partial charge in [0.2, 0.25) is 0 Å². The van der Waals surface area contributed by atoms with E-state index in [2.05, 4.69) is 23.6 Å². The highest BCUT2D eigenvalue weighted by atomic mass is 32.1. The molecule has 21 heavy (non-hydrogen) atoms. The molecule has 0 saturated carbocycles. The molecule has 1 saturated heterocycles. The molecule has 1 fully saturated rings. The summed E-state index contributed by atoms with van der Waals surface area (Å²) in [4.78, 5) is 5.78. The number of thiocarbonyl (C=S) groups is 1. The molecule has 3 nitrogen and oxygen atoms in total. The van der Waals surface area contributed by atoms with Crippen molar-refractivity contribution >= 4 is 17.2 Å². The van der Waals surface area contributed by atoms with Crippen molar-refractivity contribution < 1.29 is 0 Å². The summed E-state index contributed by atoms with van der Waals surface area (Å²) in [7, 11) is 0. The van der Waals surface area contributed by atoms with Crippen LogP contribution < -0.4 is 5.73 Å². The second kappa shape index (κ2) is 11.4. The lowest BCUT2D eigenvalue weighted by molar-refractivity contribution is 0.113. The van der Waals surface area contributed by atoms with Crippen molar-refractivity contribution in [2.24, 2.45) is 5.73 Å². The molecule has 0 spiro atoms. The van der Waals surface area contributed by atoms with Gasteiger partial charge in [-0.2, -0.15) is 0 Å². The van der Waals surface area contributed by atoms with E-state index in [0.29, 0.717) is 11.0 Å². The van der Waals surface area contributed by atoms with Crippen LogP contribution in [0.5, 0.6) is 0 Å². The van der Waals surface area contributed by atoms with Crippen molar-refractivity contribution in [3.63, 3.8) is 0 Å². The Labute approximate surface area is 137 Å². The van der Waals surface area contributed by atoms with Gasteiger partial charge in [-0.3, -0.25) is 4.90 Å². The summed E-state index contributed by atoms with van der Waals surface area (Å²) < 4.78 is 0. The zero-order chi connectivity index (χ0) is 15.5. The molecule has 0 aromatic carbocycles. The highest BCUT2D eigenvalue weighted by Gasteiger charge is 2.24. The van der Waals surface area contributed by atoms with Crippen molar-refractivity contribution in [1.82, 2.24) is 9.80 Å². The molecule has 1 unspecified atom stereocenters. The van der Waals surface area contributed by atoms with E-state index < -0.39 is 0 Å². The summed E-state index contributed by atoms with van der Waals surface area (Å²) in [6, 6.07) is 0.321. The first kappa shape index (κ1) is 18.9. The smallest absolute Gasteiger partial charge is 0.0902 e. The van der Waals surface area contributed by atoms with Gasteiger partial charge in [-0.15, -0.1) is 0 Å². The Bertz CT molecular complexity index is 275. The first-order valence-electron chi connectivity index (χ1n) is 8.94. The van der Waals surface area contributed by atoms with Crippen molar-refractivity contribution in [3.05, 3.63) is 0 Å². The Morgan fingerprint density at radius 3 is 2.14 bits per heavy atom. The molecule has 1 aliphatic heterocycles. The van der Waals surface area contributed by atoms with Crippen molar-refractivity contribution in [2.45, 2.75) is 71.3 Å². The highest BCUT2D eigenvalue weighted by Crippen LogP contribution is 2.13. The summed E-state index contributed by atoms with van der Waals surface area (Å²) in [6.45, 7) is 10.4. The predicted octanol–water partition coefficient (Wildman–Crippen LogP) is 3.42. The van der Waals surface area contributed by atoms with Gasteiger partial charge in [-0.1, -0.05) is 64.6 Å². The van der Waals surface area contributed by atoms with Crippen LogP contribution in [0, 0.1) is 0 Å². The van der Waals surface area contributed by atoms with Gasteiger partial charge in [-0.05, 0) is 19.4 Å². The maximum Gasteiger partial charge on any atom is 0.0902 e. The van der Waals surface area contributed by atoms with Crippen LogP contribution in [0.25, 0.3) is 0 Å². The van der Waals surface area contributed by atoms with E-state index >= 15 is 0 Å². The van der Waals surface area contributed by atoms with Crippen LogP contribution in [0.2, 0.25) is 0 Å². The largest absolute Gasteiger partial charge is 0.392 e. The number of piperazine rings is 1. The minimum absolute atomic E-state index is 0.321. The first-order chi connectivity index (χ1) is 10.2. The molecule has 124 valence electrons. The number of nitrogens with zero attached hydrogens (tertiary/aromatic N) is 2. The van der Waals surface area contributed by atoms with Gasteiger partial charge in [0.05, 0.1) is 11.0 Å². The molecule has 1 heterocycles. The minimum atomic E-state index is 0.321. The van der Waals surface area contributed by atoms with Crippen LogP contribution in [-0.2, 0) is 0 Å². The molecule has 4 heteroatoms. The molecule has 2 N–H and O–H groups in total. The third kappa shape index (κ3) is 7.57. The molecule has 1 atom stereocenters. The zero-order valence-electron chi connectivity index (χ0n) is 14.1.